The Kier molecular flexibility index (Phi) is 4.45. The third kappa shape index (κ3) is 3.08. The molecule has 2 fully saturated rings. The van der Waals surface area contributed by atoms with Gasteiger partial charge in [0.2, 0.25) is 11.8 Å². The van der Waals surface area contributed by atoms with Crippen molar-refractivity contribution in [2.75, 3.05) is 13.7 Å². The van der Waals surface area contributed by atoms with Gasteiger partial charge in [0.05, 0.1) is 18.7 Å². The highest BCUT2D eigenvalue weighted by Crippen LogP contribution is 2.28. The van der Waals surface area contributed by atoms with Gasteiger partial charge >= 0.3 is 0 Å². The fourth-order valence-electron chi connectivity index (χ4n) is 3.18. The zero-order valence-corrected chi connectivity index (χ0v) is 12.0. The minimum absolute atomic E-state index is 0.0491. The van der Waals surface area contributed by atoms with Crippen molar-refractivity contribution in [3.8, 4) is 0 Å². The van der Waals surface area contributed by atoms with Crippen LogP contribution in [-0.4, -0.2) is 48.6 Å². The Morgan fingerprint density at radius 1 is 1.37 bits per heavy atom. The monoisotopic (exact) mass is 268 g/mol. The normalized spacial score (nSPS) is 32.0. The van der Waals surface area contributed by atoms with Crippen LogP contribution < -0.4 is 5.32 Å². The van der Waals surface area contributed by atoms with E-state index in [0.29, 0.717) is 12.3 Å². The van der Waals surface area contributed by atoms with E-state index in [1.165, 1.54) is 0 Å². The molecule has 1 saturated carbocycles. The maximum atomic E-state index is 12.5. The van der Waals surface area contributed by atoms with E-state index >= 15 is 0 Å². The van der Waals surface area contributed by atoms with E-state index in [9.17, 15) is 9.59 Å². The minimum Gasteiger partial charge on any atom is -0.379 e. The van der Waals surface area contributed by atoms with E-state index in [1.807, 2.05) is 0 Å². The van der Waals surface area contributed by atoms with Gasteiger partial charge in [0.25, 0.3) is 0 Å². The molecule has 1 heterocycles. The Balaban J connectivity index is 2.10. The fraction of sp³-hybridized carbons (Fsp3) is 0.857. The summed E-state index contributed by atoms with van der Waals surface area (Å²) < 4.78 is 5.45. The molecule has 0 bridgehead atoms. The first-order valence-electron chi connectivity index (χ1n) is 7.15. The molecule has 2 rings (SSSR count). The topological polar surface area (TPSA) is 58.6 Å². The van der Waals surface area contributed by atoms with Crippen molar-refractivity contribution in [2.45, 2.75) is 57.7 Å². The number of hydrogen-bond acceptors (Lipinski definition) is 3. The van der Waals surface area contributed by atoms with Gasteiger partial charge in [-0.05, 0) is 31.6 Å². The van der Waals surface area contributed by atoms with Gasteiger partial charge in [0.15, 0.2) is 0 Å². The molecule has 0 spiro atoms. The number of ether oxygens (including phenoxy) is 1. The second kappa shape index (κ2) is 5.90. The summed E-state index contributed by atoms with van der Waals surface area (Å²) >= 11 is 0. The van der Waals surface area contributed by atoms with Crippen molar-refractivity contribution >= 4 is 11.8 Å². The van der Waals surface area contributed by atoms with Crippen molar-refractivity contribution in [2.24, 2.45) is 5.92 Å². The third-order valence-corrected chi connectivity index (χ3v) is 4.06. The molecule has 1 saturated heterocycles. The first-order chi connectivity index (χ1) is 9.02. The van der Waals surface area contributed by atoms with E-state index < -0.39 is 0 Å². The van der Waals surface area contributed by atoms with Crippen LogP contribution in [-0.2, 0) is 14.3 Å². The summed E-state index contributed by atoms with van der Waals surface area (Å²) in [5, 5.41) is 2.81. The van der Waals surface area contributed by atoms with Gasteiger partial charge in [-0.2, -0.15) is 0 Å². The predicted molar refractivity (Wildman–Crippen MR) is 71.5 cm³/mol. The van der Waals surface area contributed by atoms with Gasteiger partial charge in [-0.3, -0.25) is 9.59 Å². The Morgan fingerprint density at radius 2 is 2.11 bits per heavy atom. The minimum atomic E-state index is -0.362. The van der Waals surface area contributed by atoms with Crippen LogP contribution in [0.15, 0.2) is 0 Å². The molecule has 5 heteroatoms. The standard InChI is InChI=1S/C14H24N2O3/c1-9(2)7-10-14(18)16(8-13(17)15-10)11-5-4-6-12(11)19-3/h9-12H,4-8H2,1-3H3,(H,15,17). The summed E-state index contributed by atoms with van der Waals surface area (Å²) in [6, 6.07) is -0.294. The Hall–Kier alpha value is -1.10. The summed E-state index contributed by atoms with van der Waals surface area (Å²) in [5.74, 6) is 0.394. The predicted octanol–water partition coefficient (Wildman–Crippen LogP) is 0.927. The SMILES string of the molecule is COC1CCCC1N1CC(=O)NC(CC(C)C)C1=O. The van der Waals surface area contributed by atoms with Crippen molar-refractivity contribution < 1.29 is 14.3 Å². The number of piperazine rings is 1. The summed E-state index contributed by atoms with van der Waals surface area (Å²) in [4.78, 5) is 26.1. The Morgan fingerprint density at radius 3 is 2.74 bits per heavy atom. The summed E-state index contributed by atoms with van der Waals surface area (Å²) in [6.45, 7) is 4.30. The van der Waals surface area contributed by atoms with Crippen LogP contribution in [0.2, 0.25) is 0 Å². The molecule has 2 amide bonds. The quantitative estimate of drug-likeness (QED) is 0.825. The second-order valence-corrected chi connectivity index (χ2v) is 5.99. The maximum absolute atomic E-state index is 12.5. The largest absolute Gasteiger partial charge is 0.379 e. The molecule has 2 aliphatic rings. The molecule has 0 aromatic carbocycles. The lowest BCUT2D eigenvalue weighted by atomic mass is 9.99. The van der Waals surface area contributed by atoms with Crippen molar-refractivity contribution in [1.82, 2.24) is 10.2 Å². The molecule has 0 radical (unpaired) electrons. The zero-order chi connectivity index (χ0) is 14.0. The number of carbonyl (C=O) groups excluding carboxylic acids is 2. The average molecular weight is 268 g/mol. The van der Waals surface area contributed by atoms with Crippen LogP contribution >= 0.6 is 0 Å². The zero-order valence-electron chi connectivity index (χ0n) is 12.0. The molecule has 1 N–H and O–H groups in total. The summed E-state index contributed by atoms with van der Waals surface area (Å²) in [5.41, 5.74) is 0. The molecule has 3 unspecified atom stereocenters. The van der Waals surface area contributed by atoms with Crippen molar-refractivity contribution in [3.05, 3.63) is 0 Å². The summed E-state index contributed by atoms with van der Waals surface area (Å²) in [6.07, 6.45) is 3.75. The lowest BCUT2D eigenvalue weighted by Crippen LogP contribution is -2.62. The molecule has 19 heavy (non-hydrogen) atoms. The molecular weight excluding hydrogens is 244 g/mol. The lowest BCUT2D eigenvalue weighted by molar-refractivity contribution is -0.149. The van der Waals surface area contributed by atoms with Crippen LogP contribution in [0, 0.1) is 5.92 Å². The van der Waals surface area contributed by atoms with Crippen LogP contribution in [0.5, 0.6) is 0 Å². The molecule has 108 valence electrons. The van der Waals surface area contributed by atoms with Gasteiger partial charge in [0, 0.05) is 7.11 Å². The number of methoxy groups -OCH3 is 1. The van der Waals surface area contributed by atoms with Crippen molar-refractivity contribution in [1.29, 1.82) is 0 Å². The molecule has 0 aromatic rings. The molecular formula is C14H24N2O3. The van der Waals surface area contributed by atoms with Crippen LogP contribution in [0.1, 0.15) is 39.5 Å². The van der Waals surface area contributed by atoms with Gasteiger partial charge in [-0.15, -0.1) is 0 Å². The number of nitrogens with one attached hydrogen (secondary N) is 1. The first kappa shape index (κ1) is 14.3. The van der Waals surface area contributed by atoms with E-state index in [-0.39, 0.29) is 36.5 Å². The first-order valence-corrected chi connectivity index (χ1v) is 7.15. The highest BCUT2D eigenvalue weighted by atomic mass is 16.5. The van der Waals surface area contributed by atoms with Gasteiger partial charge < -0.3 is 15.0 Å². The Labute approximate surface area is 114 Å². The molecule has 1 aliphatic carbocycles. The van der Waals surface area contributed by atoms with Crippen LogP contribution in [0.3, 0.4) is 0 Å². The lowest BCUT2D eigenvalue weighted by Gasteiger charge is -2.38. The van der Waals surface area contributed by atoms with E-state index in [4.69, 9.17) is 4.74 Å². The van der Waals surface area contributed by atoms with E-state index in [2.05, 4.69) is 19.2 Å². The van der Waals surface area contributed by atoms with E-state index in [0.717, 1.165) is 19.3 Å². The number of hydrogen-bond donors (Lipinski definition) is 1. The second-order valence-electron chi connectivity index (χ2n) is 5.99. The molecule has 1 aliphatic heterocycles. The maximum Gasteiger partial charge on any atom is 0.245 e. The number of nitrogens with zero attached hydrogens (tertiary/aromatic N) is 1. The highest BCUT2D eigenvalue weighted by molar-refractivity contribution is 5.95. The van der Waals surface area contributed by atoms with Gasteiger partial charge in [-0.1, -0.05) is 13.8 Å². The molecule has 3 atom stereocenters. The van der Waals surface area contributed by atoms with Crippen LogP contribution in [0.4, 0.5) is 0 Å². The number of rotatable bonds is 4. The molecule has 5 nitrogen and oxygen atoms in total. The van der Waals surface area contributed by atoms with Gasteiger partial charge in [0.1, 0.15) is 6.04 Å². The smallest absolute Gasteiger partial charge is 0.245 e. The summed E-state index contributed by atoms with van der Waals surface area (Å²) in [7, 11) is 1.68. The fourth-order valence-corrected chi connectivity index (χ4v) is 3.18. The highest BCUT2D eigenvalue weighted by Gasteiger charge is 2.41. The number of amides is 2. The van der Waals surface area contributed by atoms with Crippen LogP contribution in [0.25, 0.3) is 0 Å². The average Bonchev–Trinajstić information content (AvgIpc) is 2.80. The number of carbonyl (C=O) groups is 2. The van der Waals surface area contributed by atoms with Gasteiger partial charge in [-0.25, -0.2) is 0 Å². The van der Waals surface area contributed by atoms with Crippen molar-refractivity contribution in [3.63, 3.8) is 0 Å². The van der Waals surface area contributed by atoms with E-state index in [1.54, 1.807) is 12.0 Å². The molecule has 0 aromatic heterocycles. The Bertz CT molecular complexity index is 357. The third-order valence-electron chi connectivity index (χ3n) is 4.06.